The molecule has 0 saturated carbocycles. The molecule has 0 radical (unpaired) electrons. The van der Waals surface area contributed by atoms with Crippen LogP contribution in [0.3, 0.4) is 0 Å². The smallest absolute Gasteiger partial charge is 0.244 e. The minimum atomic E-state index is 0.810. The Morgan fingerprint density at radius 1 is 1.47 bits per heavy atom. The van der Waals surface area contributed by atoms with E-state index in [9.17, 15) is 0 Å². The highest BCUT2D eigenvalue weighted by molar-refractivity contribution is 5.01. The fourth-order valence-electron chi connectivity index (χ4n) is 1.47. The Labute approximate surface area is 89.3 Å². The molecule has 0 aliphatic heterocycles. The van der Waals surface area contributed by atoms with Gasteiger partial charge >= 0.3 is 0 Å². The molecule has 2 aromatic rings. The second kappa shape index (κ2) is 4.55. The Hall–Kier alpha value is -1.90. The summed E-state index contributed by atoms with van der Waals surface area (Å²) in [6.45, 7) is 5.36. The van der Waals surface area contributed by atoms with Crippen LogP contribution in [-0.2, 0) is 13.1 Å². The average molecular weight is 200 g/mol. The Kier molecular flexibility index (Phi) is 2.93. The lowest BCUT2D eigenvalue weighted by Gasteiger charge is -1.95. The van der Waals surface area contributed by atoms with E-state index in [0.29, 0.717) is 0 Å². The summed E-state index contributed by atoms with van der Waals surface area (Å²) in [7, 11) is 0. The molecular weight excluding hydrogens is 186 g/mol. The van der Waals surface area contributed by atoms with Gasteiger partial charge in [-0.05, 0) is 12.1 Å². The van der Waals surface area contributed by atoms with Gasteiger partial charge < -0.3 is 0 Å². The maximum absolute atomic E-state index is 4.28. The van der Waals surface area contributed by atoms with Gasteiger partial charge in [0.2, 0.25) is 6.33 Å². The van der Waals surface area contributed by atoms with E-state index in [2.05, 4.69) is 27.0 Å². The van der Waals surface area contributed by atoms with E-state index in [0.717, 1.165) is 18.8 Å². The average Bonchev–Trinajstić information content (AvgIpc) is 2.68. The monoisotopic (exact) mass is 200 g/mol. The van der Waals surface area contributed by atoms with Crippen molar-refractivity contribution in [3.8, 4) is 0 Å². The number of rotatable bonds is 4. The lowest BCUT2D eigenvalue weighted by Crippen LogP contribution is -2.32. The first kappa shape index (κ1) is 9.65. The third-order valence-corrected chi connectivity index (χ3v) is 2.16. The van der Waals surface area contributed by atoms with Crippen LogP contribution in [0.1, 0.15) is 5.69 Å². The van der Waals surface area contributed by atoms with Crippen LogP contribution in [0.4, 0.5) is 0 Å². The first-order valence-electron chi connectivity index (χ1n) is 4.94. The molecule has 2 aromatic heterocycles. The third kappa shape index (κ3) is 2.53. The number of hydrogen-bond acceptors (Lipinski definition) is 1. The molecule has 0 N–H and O–H groups in total. The first-order chi connectivity index (χ1) is 7.38. The lowest BCUT2D eigenvalue weighted by molar-refractivity contribution is -0.688. The largest absolute Gasteiger partial charge is 0.257 e. The Morgan fingerprint density at radius 2 is 2.40 bits per heavy atom. The Bertz CT molecular complexity index is 431. The summed E-state index contributed by atoms with van der Waals surface area (Å²) < 4.78 is 4.18. The van der Waals surface area contributed by atoms with Crippen molar-refractivity contribution in [1.29, 1.82) is 0 Å². The van der Waals surface area contributed by atoms with Gasteiger partial charge in [-0.3, -0.25) is 4.98 Å². The van der Waals surface area contributed by atoms with Crippen LogP contribution in [0.15, 0.2) is 55.8 Å². The van der Waals surface area contributed by atoms with Crippen molar-refractivity contribution in [2.45, 2.75) is 13.1 Å². The molecule has 15 heavy (non-hydrogen) atoms. The summed E-state index contributed by atoms with van der Waals surface area (Å²) in [5, 5.41) is 0. The Balaban J connectivity index is 2.08. The second-order valence-corrected chi connectivity index (χ2v) is 3.39. The fraction of sp³-hybridized carbons (Fsp3) is 0.167. The maximum atomic E-state index is 4.28. The molecule has 0 spiro atoms. The molecule has 0 saturated heterocycles. The molecule has 0 aromatic carbocycles. The predicted octanol–water partition coefficient (Wildman–Crippen LogP) is 1.40. The fourth-order valence-corrected chi connectivity index (χ4v) is 1.47. The van der Waals surface area contributed by atoms with Crippen LogP contribution < -0.4 is 4.57 Å². The highest BCUT2D eigenvalue weighted by Crippen LogP contribution is 1.93. The Morgan fingerprint density at radius 3 is 3.13 bits per heavy atom. The third-order valence-electron chi connectivity index (χ3n) is 2.16. The van der Waals surface area contributed by atoms with E-state index in [1.165, 1.54) is 0 Å². The number of imidazole rings is 1. The molecule has 2 heterocycles. The summed E-state index contributed by atoms with van der Waals surface area (Å²) in [5.74, 6) is 0. The number of pyridine rings is 1. The second-order valence-electron chi connectivity index (χ2n) is 3.39. The van der Waals surface area contributed by atoms with Gasteiger partial charge in [0.05, 0.1) is 5.69 Å². The van der Waals surface area contributed by atoms with Gasteiger partial charge in [0, 0.05) is 6.20 Å². The molecule has 0 bridgehead atoms. The highest BCUT2D eigenvalue weighted by Gasteiger charge is 2.03. The van der Waals surface area contributed by atoms with E-state index < -0.39 is 0 Å². The minimum absolute atomic E-state index is 0.810. The summed E-state index contributed by atoms with van der Waals surface area (Å²) in [4.78, 5) is 4.28. The minimum Gasteiger partial charge on any atom is -0.257 e. The molecule has 0 amide bonds. The van der Waals surface area contributed by atoms with Crippen LogP contribution in [0.25, 0.3) is 0 Å². The molecule has 0 fully saturated rings. The SMILES string of the molecule is C=CCn1cc[n+](Cc2ccccn2)c1. The normalized spacial score (nSPS) is 10.1. The van der Waals surface area contributed by atoms with Crippen LogP contribution in [0.2, 0.25) is 0 Å². The van der Waals surface area contributed by atoms with E-state index in [1.54, 1.807) is 0 Å². The van der Waals surface area contributed by atoms with Crippen LogP contribution in [0.5, 0.6) is 0 Å². The number of nitrogens with zero attached hydrogens (tertiary/aromatic N) is 3. The van der Waals surface area contributed by atoms with Gasteiger partial charge in [-0.2, -0.15) is 0 Å². The van der Waals surface area contributed by atoms with Crippen molar-refractivity contribution in [3.05, 3.63) is 61.5 Å². The zero-order valence-electron chi connectivity index (χ0n) is 8.58. The maximum Gasteiger partial charge on any atom is 0.244 e. The van der Waals surface area contributed by atoms with Crippen LogP contribution in [-0.4, -0.2) is 9.55 Å². The molecule has 0 atom stereocenters. The quantitative estimate of drug-likeness (QED) is 0.540. The molecule has 76 valence electrons. The van der Waals surface area contributed by atoms with Gasteiger partial charge in [-0.1, -0.05) is 18.7 Å². The van der Waals surface area contributed by atoms with Crippen LogP contribution >= 0.6 is 0 Å². The summed E-state index contributed by atoms with van der Waals surface area (Å²) >= 11 is 0. The van der Waals surface area contributed by atoms with Crippen molar-refractivity contribution in [3.63, 3.8) is 0 Å². The van der Waals surface area contributed by atoms with Crippen molar-refractivity contribution < 1.29 is 4.57 Å². The zero-order valence-corrected chi connectivity index (χ0v) is 8.58. The van der Waals surface area contributed by atoms with Gasteiger partial charge in [-0.15, -0.1) is 0 Å². The first-order valence-corrected chi connectivity index (χ1v) is 4.94. The van der Waals surface area contributed by atoms with Crippen molar-refractivity contribution in [1.82, 2.24) is 9.55 Å². The lowest BCUT2D eigenvalue weighted by atomic mass is 10.3. The van der Waals surface area contributed by atoms with Crippen molar-refractivity contribution in [2.24, 2.45) is 0 Å². The molecule has 3 nitrogen and oxygen atoms in total. The number of hydrogen-bond donors (Lipinski definition) is 0. The molecule has 0 aliphatic rings. The number of aromatic nitrogens is 3. The van der Waals surface area contributed by atoms with E-state index in [1.807, 2.05) is 42.9 Å². The summed E-state index contributed by atoms with van der Waals surface area (Å²) in [6.07, 6.45) is 9.82. The van der Waals surface area contributed by atoms with Crippen molar-refractivity contribution >= 4 is 0 Å². The zero-order chi connectivity index (χ0) is 10.5. The van der Waals surface area contributed by atoms with E-state index >= 15 is 0 Å². The molecule has 3 heteroatoms. The molecule has 0 aliphatic carbocycles. The summed E-state index contributed by atoms with van der Waals surface area (Å²) in [5.41, 5.74) is 1.07. The van der Waals surface area contributed by atoms with Gasteiger partial charge in [0.25, 0.3) is 0 Å². The highest BCUT2D eigenvalue weighted by atomic mass is 15.1. The molecular formula is C12H14N3+. The van der Waals surface area contributed by atoms with E-state index in [-0.39, 0.29) is 0 Å². The topological polar surface area (TPSA) is 21.7 Å². The predicted molar refractivity (Wildman–Crippen MR) is 58.2 cm³/mol. The van der Waals surface area contributed by atoms with Crippen molar-refractivity contribution in [2.75, 3.05) is 0 Å². The van der Waals surface area contributed by atoms with Gasteiger partial charge in [0.15, 0.2) is 0 Å². The summed E-state index contributed by atoms with van der Waals surface area (Å²) in [6, 6.07) is 5.96. The standard InChI is InChI=1S/C12H14N3/c1-2-7-14-8-9-15(11-14)10-12-5-3-4-6-13-12/h2-6,8-9,11H,1,7,10H2/q+1. The molecule has 0 unspecified atom stereocenters. The van der Waals surface area contributed by atoms with Gasteiger partial charge in [-0.25, -0.2) is 9.13 Å². The number of allylic oxidation sites excluding steroid dienone is 1. The molecule has 2 rings (SSSR count). The van der Waals surface area contributed by atoms with E-state index in [4.69, 9.17) is 0 Å². The van der Waals surface area contributed by atoms with Crippen LogP contribution in [0, 0.1) is 0 Å². The van der Waals surface area contributed by atoms with Gasteiger partial charge in [0.1, 0.15) is 25.5 Å².